The van der Waals surface area contributed by atoms with Crippen molar-refractivity contribution in [2.75, 3.05) is 19.1 Å². The molecule has 4 nitrogen and oxygen atoms in total. The number of hydrogen-bond donors (Lipinski definition) is 0. The van der Waals surface area contributed by atoms with E-state index in [-0.39, 0.29) is 18.1 Å². The van der Waals surface area contributed by atoms with Crippen molar-refractivity contribution < 1.29 is 14.3 Å². The molecule has 2 aliphatic rings. The van der Waals surface area contributed by atoms with Gasteiger partial charge < -0.3 is 14.4 Å². The average Bonchev–Trinajstić information content (AvgIpc) is 3.22. The normalized spacial score (nSPS) is 19.2. The largest absolute Gasteiger partial charge is 0.454 e. The fourth-order valence-corrected chi connectivity index (χ4v) is 4.25. The number of nitrogens with zero attached hydrogens (tertiary/aromatic N) is 1. The zero-order valence-corrected chi connectivity index (χ0v) is 13.8. The van der Waals surface area contributed by atoms with Crippen LogP contribution in [0.2, 0.25) is 5.02 Å². The fraction of sp³-hybridized carbons (Fsp3) is 0.235. The number of fused-ring (bicyclic) bond motifs is 1. The van der Waals surface area contributed by atoms with Gasteiger partial charge in [-0.2, -0.15) is 0 Å². The zero-order valence-electron chi connectivity index (χ0n) is 12.2. The van der Waals surface area contributed by atoms with E-state index in [9.17, 15) is 4.79 Å². The third kappa shape index (κ3) is 2.75. The lowest BCUT2D eigenvalue weighted by atomic mass is 10.1. The number of ether oxygens (including phenoxy) is 2. The lowest BCUT2D eigenvalue weighted by Crippen LogP contribution is -2.30. The van der Waals surface area contributed by atoms with Crippen LogP contribution < -0.4 is 9.47 Å². The molecule has 0 bridgehead atoms. The molecule has 1 atom stereocenters. The molecule has 6 heteroatoms. The Kier molecular flexibility index (Phi) is 3.83. The van der Waals surface area contributed by atoms with E-state index in [4.69, 9.17) is 21.1 Å². The summed E-state index contributed by atoms with van der Waals surface area (Å²) < 4.78 is 10.7. The number of rotatable bonds is 2. The Morgan fingerprint density at radius 3 is 2.91 bits per heavy atom. The van der Waals surface area contributed by atoms with Crippen LogP contribution in [-0.2, 0) is 0 Å². The Hall–Kier alpha value is -1.85. The summed E-state index contributed by atoms with van der Waals surface area (Å²) in [5, 5.41) is 0.678. The minimum absolute atomic E-state index is 0.00160. The number of carbonyl (C=O) groups excluding carboxylic acids is 1. The number of amides is 1. The van der Waals surface area contributed by atoms with Crippen LogP contribution in [0.4, 0.5) is 0 Å². The lowest BCUT2D eigenvalue weighted by molar-refractivity contribution is 0.0760. The predicted octanol–water partition coefficient (Wildman–Crippen LogP) is 3.96. The van der Waals surface area contributed by atoms with E-state index in [1.807, 2.05) is 29.2 Å². The van der Waals surface area contributed by atoms with E-state index in [1.54, 1.807) is 30.0 Å². The van der Waals surface area contributed by atoms with Gasteiger partial charge in [0.15, 0.2) is 11.5 Å². The standard InChI is InChI=1S/C17H14ClNO3S/c18-13-3-1-2-12(8-13)17-19(6-7-23-17)16(20)11-4-5-14-15(9-11)22-10-21-14/h1-5,8-9,17H,6-7,10H2/t17-/m1/s1. The molecule has 1 amide bonds. The smallest absolute Gasteiger partial charge is 0.255 e. The Balaban J connectivity index is 1.62. The summed E-state index contributed by atoms with van der Waals surface area (Å²) in [6.45, 7) is 0.923. The monoisotopic (exact) mass is 347 g/mol. The van der Waals surface area contributed by atoms with Crippen LogP contribution in [-0.4, -0.2) is 29.9 Å². The van der Waals surface area contributed by atoms with Gasteiger partial charge in [0.25, 0.3) is 5.91 Å². The molecule has 0 radical (unpaired) electrons. The van der Waals surface area contributed by atoms with Gasteiger partial charge in [-0.25, -0.2) is 0 Å². The van der Waals surface area contributed by atoms with E-state index >= 15 is 0 Å². The maximum absolute atomic E-state index is 12.9. The van der Waals surface area contributed by atoms with Crippen LogP contribution >= 0.6 is 23.4 Å². The maximum atomic E-state index is 12.9. The zero-order chi connectivity index (χ0) is 15.8. The van der Waals surface area contributed by atoms with Crippen LogP contribution in [0.3, 0.4) is 0 Å². The van der Waals surface area contributed by atoms with Gasteiger partial charge in [0.2, 0.25) is 6.79 Å². The van der Waals surface area contributed by atoms with Crippen molar-refractivity contribution in [3.05, 3.63) is 58.6 Å². The van der Waals surface area contributed by atoms with E-state index in [1.165, 1.54) is 0 Å². The van der Waals surface area contributed by atoms with Gasteiger partial charge in [-0.1, -0.05) is 23.7 Å². The SMILES string of the molecule is O=C(c1ccc2c(c1)OCO2)N1CCS[C@@H]1c1cccc(Cl)c1. The van der Waals surface area contributed by atoms with Gasteiger partial charge in [0.1, 0.15) is 5.37 Å². The van der Waals surface area contributed by atoms with Crippen molar-refractivity contribution in [1.29, 1.82) is 0 Å². The molecule has 2 heterocycles. The van der Waals surface area contributed by atoms with Gasteiger partial charge in [-0.3, -0.25) is 4.79 Å². The van der Waals surface area contributed by atoms with Crippen molar-refractivity contribution in [2.45, 2.75) is 5.37 Å². The summed E-state index contributed by atoms with van der Waals surface area (Å²) in [6, 6.07) is 13.0. The second-order valence-electron chi connectivity index (χ2n) is 5.34. The third-order valence-corrected chi connectivity index (χ3v) is 5.40. The van der Waals surface area contributed by atoms with Gasteiger partial charge in [-0.15, -0.1) is 11.8 Å². The molecule has 118 valence electrons. The minimum atomic E-state index is -0.00776. The first-order valence-corrected chi connectivity index (χ1v) is 8.73. The highest BCUT2D eigenvalue weighted by molar-refractivity contribution is 7.99. The molecule has 0 aliphatic carbocycles. The number of carbonyl (C=O) groups is 1. The van der Waals surface area contributed by atoms with Crippen LogP contribution in [0.25, 0.3) is 0 Å². The molecule has 2 aliphatic heterocycles. The summed E-state index contributed by atoms with van der Waals surface area (Å²) in [5.41, 5.74) is 1.66. The Morgan fingerprint density at radius 1 is 1.17 bits per heavy atom. The van der Waals surface area contributed by atoms with E-state index in [0.29, 0.717) is 22.1 Å². The summed E-state index contributed by atoms with van der Waals surface area (Å²) in [7, 11) is 0. The molecule has 4 rings (SSSR count). The molecule has 1 fully saturated rings. The van der Waals surface area contributed by atoms with Gasteiger partial charge in [0, 0.05) is 22.9 Å². The van der Waals surface area contributed by atoms with Gasteiger partial charge >= 0.3 is 0 Å². The number of hydrogen-bond acceptors (Lipinski definition) is 4. The van der Waals surface area contributed by atoms with Crippen LogP contribution in [0.1, 0.15) is 21.3 Å². The van der Waals surface area contributed by atoms with Crippen molar-refractivity contribution in [3.63, 3.8) is 0 Å². The molecule has 2 aromatic rings. The number of halogens is 1. The first-order valence-electron chi connectivity index (χ1n) is 7.30. The summed E-state index contributed by atoms with van der Waals surface area (Å²) in [4.78, 5) is 14.8. The van der Waals surface area contributed by atoms with Crippen molar-refractivity contribution in [3.8, 4) is 11.5 Å². The molecule has 0 aromatic heterocycles. The highest BCUT2D eigenvalue weighted by Gasteiger charge is 2.32. The molecule has 0 N–H and O–H groups in total. The van der Waals surface area contributed by atoms with E-state index < -0.39 is 0 Å². The van der Waals surface area contributed by atoms with Crippen molar-refractivity contribution >= 4 is 29.3 Å². The predicted molar refractivity (Wildman–Crippen MR) is 90.3 cm³/mol. The highest BCUT2D eigenvalue weighted by Crippen LogP contribution is 2.40. The summed E-state index contributed by atoms with van der Waals surface area (Å²) >= 11 is 7.84. The first kappa shape index (κ1) is 14.7. The Labute approximate surface area is 143 Å². The summed E-state index contributed by atoms with van der Waals surface area (Å²) in [5.74, 6) is 2.22. The number of benzene rings is 2. The van der Waals surface area contributed by atoms with Crippen molar-refractivity contribution in [1.82, 2.24) is 4.90 Å². The lowest BCUT2D eigenvalue weighted by Gasteiger charge is -2.24. The van der Waals surface area contributed by atoms with E-state index in [0.717, 1.165) is 17.9 Å². The molecular formula is C17H14ClNO3S. The van der Waals surface area contributed by atoms with E-state index in [2.05, 4.69) is 0 Å². The molecular weight excluding hydrogens is 334 g/mol. The van der Waals surface area contributed by atoms with Crippen LogP contribution in [0.5, 0.6) is 11.5 Å². The second kappa shape index (κ2) is 5.98. The summed E-state index contributed by atoms with van der Waals surface area (Å²) in [6.07, 6.45) is 0. The average molecular weight is 348 g/mol. The molecule has 0 unspecified atom stereocenters. The number of thioether (sulfide) groups is 1. The van der Waals surface area contributed by atoms with Gasteiger partial charge in [0.05, 0.1) is 0 Å². The molecule has 0 spiro atoms. The maximum Gasteiger partial charge on any atom is 0.255 e. The third-order valence-electron chi connectivity index (χ3n) is 3.91. The Morgan fingerprint density at radius 2 is 2.04 bits per heavy atom. The van der Waals surface area contributed by atoms with Gasteiger partial charge in [-0.05, 0) is 35.9 Å². The Bertz CT molecular complexity index is 767. The first-order chi connectivity index (χ1) is 11.2. The highest BCUT2D eigenvalue weighted by atomic mass is 35.5. The molecule has 0 saturated carbocycles. The second-order valence-corrected chi connectivity index (χ2v) is 6.97. The van der Waals surface area contributed by atoms with Crippen LogP contribution in [0.15, 0.2) is 42.5 Å². The quantitative estimate of drug-likeness (QED) is 0.824. The van der Waals surface area contributed by atoms with Crippen molar-refractivity contribution in [2.24, 2.45) is 0 Å². The molecule has 1 saturated heterocycles. The molecule has 23 heavy (non-hydrogen) atoms. The topological polar surface area (TPSA) is 38.8 Å². The minimum Gasteiger partial charge on any atom is -0.454 e. The fourth-order valence-electron chi connectivity index (χ4n) is 2.81. The van der Waals surface area contributed by atoms with Crippen LogP contribution in [0, 0.1) is 0 Å². The molecule has 2 aromatic carbocycles.